The van der Waals surface area contributed by atoms with Crippen molar-refractivity contribution in [2.45, 2.75) is 25.8 Å². The fourth-order valence-electron chi connectivity index (χ4n) is 2.22. The van der Waals surface area contributed by atoms with Gasteiger partial charge in [0.15, 0.2) is 0 Å². The molecule has 0 saturated heterocycles. The Morgan fingerprint density at radius 2 is 2.12 bits per heavy atom. The predicted molar refractivity (Wildman–Crippen MR) is 63.9 cm³/mol. The topological polar surface area (TPSA) is 58.4 Å². The van der Waals surface area contributed by atoms with E-state index >= 15 is 0 Å². The normalized spacial score (nSPS) is 14.8. The van der Waals surface area contributed by atoms with Gasteiger partial charge in [-0.25, -0.2) is 5.84 Å². The fraction of sp³-hybridized carbons (Fsp3) is 0.417. The summed E-state index contributed by atoms with van der Waals surface area (Å²) >= 11 is 0. The Balaban J connectivity index is 2.35. The van der Waals surface area contributed by atoms with Crippen molar-refractivity contribution in [2.24, 2.45) is 5.84 Å². The molecule has 1 aromatic carbocycles. The summed E-state index contributed by atoms with van der Waals surface area (Å²) in [4.78, 5) is 13.9. The molecule has 1 aliphatic rings. The van der Waals surface area contributed by atoms with Crippen LogP contribution in [0.5, 0.6) is 0 Å². The van der Waals surface area contributed by atoms with Crippen LogP contribution in [0.2, 0.25) is 0 Å². The molecule has 0 aromatic heterocycles. The standard InChI is InChI=1S/C12H17N3O/c1-12(2,11(16)14-13)15-8-7-9-5-3-4-6-10(9)15/h3-6H,7-8,13H2,1-2H3,(H,14,16). The maximum atomic E-state index is 11.8. The number of anilines is 1. The van der Waals surface area contributed by atoms with Gasteiger partial charge in [0.2, 0.25) is 0 Å². The summed E-state index contributed by atoms with van der Waals surface area (Å²) in [7, 11) is 0. The third kappa shape index (κ3) is 1.55. The summed E-state index contributed by atoms with van der Waals surface area (Å²) in [5.41, 5.74) is 4.05. The number of para-hydroxylation sites is 1. The summed E-state index contributed by atoms with van der Waals surface area (Å²) in [6.07, 6.45) is 0.984. The third-order valence-corrected chi connectivity index (χ3v) is 3.25. The lowest BCUT2D eigenvalue weighted by atomic mass is 10.0. The number of nitrogens with one attached hydrogen (secondary N) is 1. The van der Waals surface area contributed by atoms with Crippen LogP contribution in [0.25, 0.3) is 0 Å². The number of fused-ring (bicyclic) bond motifs is 1. The van der Waals surface area contributed by atoms with Gasteiger partial charge in [-0.3, -0.25) is 10.2 Å². The lowest BCUT2D eigenvalue weighted by Crippen LogP contribution is -2.56. The van der Waals surface area contributed by atoms with Crippen LogP contribution >= 0.6 is 0 Å². The van der Waals surface area contributed by atoms with Crippen molar-refractivity contribution < 1.29 is 4.79 Å². The van der Waals surface area contributed by atoms with Gasteiger partial charge in [-0.05, 0) is 31.9 Å². The zero-order chi connectivity index (χ0) is 11.8. The Kier molecular flexibility index (Phi) is 2.59. The van der Waals surface area contributed by atoms with E-state index in [-0.39, 0.29) is 5.91 Å². The van der Waals surface area contributed by atoms with E-state index in [0.29, 0.717) is 0 Å². The van der Waals surface area contributed by atoms with Gasteiger partial charge in [-0.1, -0.05) is 18.2 Å². The predicted octanol–water partition coefficient (Wildman–Crippen LogP) is 0.818. The molecule has 0 spiro atoms. The highest BCUT2D eigenvalue weighted by atomic mass is 16.2. The number of rotatable bonds is 2. The van der Waals surface area contributed by atoms with Crippen molar-refractivity contribution in [1.82, 2.24) is 5.43 Å². The van der Waals surface area contributed by atoms with E-state index in [1.165, 1.54) is 5.56 Å². The molecule has 0 bridgehead atoms. The number of nitrogens with two attached hydrogens (primary N) is 1. The van der Waals surface area contributed by atoms with Crippen molar-refractivity contribution in [3.63, 3.8) is 0 Å². The van der Waals surface area contributed by atoms with Crippen LogP contribution in [0.3, 0.4) is 0 Å². The molecule has 0 unspecified atom stereocenters. The molecule has 3 N–H and O–H groups in total. The number of carbonyl (C=O) groups is 1. The molecule has 4 heteroatoms. The number of amides is 1. The minimum atomic E-state index is -0.610. The van der Waals surface area contributed by atoms with Crippen molar-refractivity contribution in [1.29, 1.82) is 0 Å². The Hall–Kier alpha value is -1.55. The third-order valence-electron chi connectivity index (χ3n) is 3.25. The van der Waals surface area contributed by atoms with Gasteiger partial charge in [0.25, 0.3) is 5.91 Å². The lowest BCUT2D eigenvalue weighted by molar-refractivity contribution is -0.125. The molecule has 1 aromatic rings. The molecule has 4 nitrogen and oxygen atoms in total. The van der Waals surface area contributed by atoms with Crippen molar-refractivity contribution >= 4 is 11.6 Å². The minimum Gasteiger partial charge on any atom is -0.357 e. The Morgan fingerprint density at radius 3 is 2.81 bits per heavy atom. The zero-order valence-electron chi connectivity index (χ0n) is 9.66. The first-order valence-electron chi connectivity index (χ1n) is 5.44. The van der Waals surface area contributed by atoms with E-state index in [9.17, 15) is 4.79 Å². The second-order valence-electron chi connectivity index (χ2n) is 4.56. The van der Waals surface area contributed by atoms with Crippen LogP contribution < -0.4 is 16.2 Å². The van der Waals surface area contributed by atoms with Crippen molar-refractivity contribution in [3.05, 3.63) is 29.8 Å². The second-order valence-corrected chi connectivity index (χ2v) is 4.56. The SMILES string of the molecule is CC(C)(C(=O)NN)N1CCc2ccccc21. The molecule has 0 radical (unpaired) electrons. The van der Waals surface area contributed by atoms with E-state index < -0.39 is 5.54 Å². The molecule has 16 heavy (non-hydrogen) atoms. The highest BCUT2D eigenvalue weighted by Crippen LogP contribution is 2.33. The Morgan fingerprint density at radius 1 is 1.44 bits per heavy atom. The molecular weight excluding hydrogens is 202 g/mol. The molecule has 0 atom stereocenters. The van der Waals surface area contributed by atoms with Gasteiger partial charge < -0.3 is 4.90 Å². The monoisotopic (exact) mass is 219 g/mol. The van der Waals surface area contributed by atoms with Crippen LogP contribution in [0.15, 0.2) is 24.3 Å². The maximum absolute atomic E-state index is 11.8. The molecule has 1 amide bonds. The van der Waals surface area contributed by atoms with E-state index in [0.717, 1.165) is 18.7 Å². The highest BCUT2D eigenvalue weighted by Gasteiger charge is 2.37. The van der Waals surface area contributed by atoms with Crippen LogP contribution in [0.4, 0.5) is 5.69 Å². The fourth-order valence-corrected chi connectivity index (χ4v) is 2.22. The van der Waals surface area contributed by atoms with Gasteiger partial charge in [0.1, 0.15) is 5.54 Å². The molecule has 86 valence electrons. The summed E-state index contributed by atoms with van der Waals surface area (Å²) < 4.78 is 0. The first-order chi connectivity index (χ1) is 7.57. The summed E-state index contributed by atoms with van der Waals surface area (Å²) in [5, 5.41) is 0. The highest BCUT2D eigenvalue weighted by molar-refractivity contribution is 5.89. The molecule has 2 rings (SSSR count). The van der Waals surface area contributed by atoms with Crippen LogP contribution in [0, 0.1) is 0 Å². The quantitative estimate of drug-likeness (QED) is 0.440. The largest absolute Gasteiger partial charge is 0.357 e. The Bertz CT molecular complexity index is 414. The summed E-state index contributed by atoms with van der Waals surface area (Å²) in [6, 6.07) is 8.17. The smallest absolute Gasteiger partial charge is 0.259 e. The number of hydrogen-bond acceptors (Lipinski definition) is 3. The number of nitrogens with zero attached hydrogens (tertiary/aromatic N) is 1. The van der Waals surface area contributed by atoms with E-state index in [2.05, 4.69) is 16.4 Å². The van der Waals surface area contributed by atoms with E-state index in [1.54, 1.807) is 0 Å². The van der Waals surface area contributed by atoms with Gasteiger partial charge in [0, 0.05) is 12.2 Å². The molecular formula is C12H17N3O. The van der Waals surface area contributed by atoms with Gasteiger partial charge in [0.05, 0.1) is 0 Å². The molecule has 0 aliphatic carbocycles. The van der Waals surface area contributed by atoms with E-state index in [4.69, 9.17) is 5.84 Å². The first-order valence-corrected chi connectivity index (χ1v) is 5.44. The molecule has 0 fully saturated rings. The summed E-state index contributed by atoms with van der Waals surface area (Å²) in [5.74, 6) is 5.06. The average molecular weight is 219 g/mol. The molecule has 1 aliphatic heterocycles. The minimum absolute atomic E-state index is 0.163. The number of carbonyl (C=O) groups excluding carboxylic acids is 1. The maximum Gasteiger partial charge on any atom is 0.259 e. The summed E-state index contributed by atoms with van der Waals surface area (Å²) in [6.45, 7) is 4.63. The Labute approximate surface area is 95.4 Å². The second kappa shape index (κ2) is 3.79. The molecule has 1 heterocycles. The first kappa shape index (κ1) is 11.0. The molecule has 0 saturated carbocycles. The lowest BCUT2D eigenvalue weighted by Gasteiger charge is -2.35. The number of hydrazine groups is 1. The van der Waals surface area contributed by atoms with Crippen LogP contribution in [-0.4, -0.2) is 18.0 Å². The average Bonchev–Trinajstić information content (AvgIpc) is 2.72. The van der Waals surface area contributed by atoms with Crippen LogP contribution in [-0.2, 0) is 11.2 Å². The zero-order valence-corrected chi connectivity index (χ0v) is 9.66. The van der Waals surface area contributed by atoms with Gasteiger partial charge >= 0.3 is 0 Å². The number of hydrogen-bond donors (Lipinski definition) is 2. The van der Waals surface area contributed by atoms with Crippen molar-refractivity contribution in [3.8, 4) is 0 Å². The van der Waals surface area contributed by atoms with Gasteiger partial charge in [-0.2, -0.15) is 0 Å². The number of benzene rings is 1. The van der Waals surface area contributed by atoms with Gasteiger partial charge in [-0.15, -0.1) is 0 Å². The van der Waals surface area contributed by atoms with E-state index in [1.807, 2.05) is 32.0 Å². The van der Waals surface area contributed by atoms with Crippen LogP contribution in [0.1, 0.15) is 19.4 Å². The van der Waals surface area contributed by atoms with Crippen molar-refractivity contribution in [2.75, 3.05) is 11.4 Å².